The van der Waals surface area contributed by atoms with Gasteiger partial charge in [0, 0.05) is 55.4 Å². The average Bonchev–Trinajstić information content (AvgIpc) is 3.11. The fraction of sp³-hybridized carbons (Fsp3) is 0.500. The fourth-order valence-electron chi connectivity index (χ4n) is 3.34. The third-order valence-electron chi connectivity index (χ3n) is 4.90. The molecule has 0 saturated carbocycles. The number of aryl methyl sites for hydroxylation is 1. The minimum atomic E-state index is 0.333. The van der Waals surface area contributed by atoms with Crippen LogP contribution in [-0.4, -0.2) is 50.3 Å². The van der Waals surface area contributed by atoms with Gasteiger partial charge in [-0.1, -0.05) is 24.3 Å². The van der Waals surface area contributed by atoms with Crippen LogP contribution in [-0.2, 0) is 24.2 Å². The van der Waals surface area contributed by atoms with Gasteiger partial charge in [0.2, 0.25) is 0 Å². The molecule has 1 aromatic carbocycles. The molecule has 0 aliphatic carbocycles. The third-order valence-corrected chi connectivity index (χ3v) is 5.93. The van der Waals surface area contributed by atoms with Gasteiger partial charge in [-0.25, -0.2) is 0 Å². The first-order valence-electron chi connectivity index (χ1n) is 10.0. The van der Waals surface area contributed by atoms with Crippen molar-refractivity contribution in [2.45, 2.75) is 39.4 Å². The van der Waals surface area contributed by atoms with Crippen LogP contribution in [0.15, 0.2) is 41.4 Å². The summed E-state index contributed by atoms with van der Waals surface area (Å²) in [6.45, 7) is 9.85. The molecule has 2 aromatic rings. The number of ether oxygens (including phenoxy) is 1. The van der Waals surface area contributed by atoms with Crippen LogP contribution < -0.4 is 10.6 Å². The normalized spacial score (nSPS) is 16.8. The number of nitrogens with one attached hydrogen (secondary N) is 2. The summed E-state index contributed by atoms with van der Waals surface area (Å²) in [6.07, 6.45) is 1.01. The van der Waals surface area contributed by atoms with Crippen molar-refractivity contribution in [1.29, 1.82) is 0 Å². The number of thiophene rings is 1. The maximum absolute atomic E-state index is 5.42. The summed E-state index contributed by atoms with van der Waals surface area (Å²) in [5.74, 6) is 0.846. The van der Waals surface area contributed by atoms with Crippen molar-refractivity contribution < 1.29 is 4.74 Å². The topological polar surface area (TPSA) is 48.9 Å². The van der Waals surface area contributed by atoms with Crippen LogP contribution >= 0.6 is 11.3 Å². The molecule has 1 aromatic heterocycles. The highest BCUT2D eigenvalue weighted by Crippen LogP contribution is 2.16. The minimum absolute atomic E-state index is 0.333. The predicted octanol–water partition coefficient (Wildman–Crippen LogP) is 3.18. The molecular formula is C22H32N4OS. The van der Waals surface area contributed by atoms with Crippen LogP contribution in [0.2, 0.25) is 0 Å². The number of benzene rings is 1. The molecule has 1 saturated heterocycles. The van der Waals surface area contributed by atoms with Crippen molar-refractivity contribution in [2.75, 3.05) is 33.4 Å². The highest BCUT2D eigenvalue weighted by atomic mass is 32.1. The Morgan fingerprint density at radius 1 is 1.14 bits per heavy atom. The number of aliphatic imine (C=N–C) groups is 1. The van der Waals surface area contributed by atoms with E-state index in [1.165, 1.54) is 20.9 Å². The Morgan fingerprint density at radius 2 is 1.86 bits per heavy atom. The molecule has 2 N–H and O–H groups in total. The first-order chi connectivity index (χ1) is 13.6. The Kier molecular flexibility index (Phi) is 7.89. The van der Waals surface area contributed by atoms with Crippen molar-refractivity contribution in [3.8, 4) is 0 Å². The number of hydrogen-bond acceptors (Lipinski definition) is 4. The summed E-state index contributed by atoms with van der Waals surface area (Å²) < 4.78 is 5.42. The van der Waals surface area contributed by atoms with E-state index in [0.717, 1.165) is 51.8 Å². The molecule has 2 heterocycles. The molecule has 0 bridgehead atoms. The largest absolute Gasteiger partial charge is 0.379 e. The van der Waals surface area contributed by atoms with E-state index in [2.05, 4.69) is 70.8 Å². The summed E-state index contributed by atoms with van der Waals surface area (Å²) in [5.41, 5.74) is 2.61. The highest BCUT2D eigenvalue weighted by Gasteiger charge is 2.11. The molecule has 0 amide bonds. The summed E-state index contributed by atoms with van der Waals surface area (Å²) in [4.78, 5) is 9.58. The van der Waals surface area contributed by atoms with Crippen molar-refractivity contribution in [3.63, 3.8) is 0 Å². The lowest BCUT2D eigenvalue weighted by molar-refractivity contribution is 0.0342. The van der Waals surface area contributed by atoms with Gasteiger partial charge >= 0.3 is 0 Å². The zero-order valence-electron chi connectivity index (χ0n) is 17.2. The van der Waals surface area contributed by atoms with Gasteiger partial charge in [0.1, 0.15) is 0 Å². The molecule has 0 radical (unpaired) electrons. The number of nitrogens with zero attached hydrogens (tertiary/aromatic N) is 2. The molecule has 1 atom stereocenters. The maximum Gasteiger partial charge on any atom is 0.191 e. The predicted molar refractivity (Wildman–Crippen MR) is 118 cm³/mol. The minimum Gasteiger partial charge on any atom is -0.379 e. The van der Waals surface area contributed by atoms with Crippen LogP contribution in [0.3, 0.4) is 0 Å². The molecule has 1 fully saturated rings. The first kappa shape index (κ1) is 20.8. The lowest BCUT2D eigenvalue weighted by Crippen LogP contribution is -2.42. The fourth-order valence-corrected chi connectivity index (χ4v) is 4.36. The van der Waals surface area contributed by atoms with E-state index in [9.17, 15) is 0 Å². The second-order valence-electron chi connectivity index (χ2n) is 7.39. The van der Waals surface area contributed by atoms with Gasteiger partial charge in [0.05, 0.1) is 13.2 Å². The monoisotopic (exact) mass is 400 g/mol. The van der Waals surface area contributed by atoms with Crippen LogP contribution in [0.25, 0.3) is 0 Å². The number of guanidine groups is 1. The Balaban J connectivity index is 1.43. The molecule has 3 rings (SSSR count). The molecule has 28 heavy (non-hydrogen) atoms. The summed E-state index contributed by atoms with van der Waals surface area (Å²) in [6, 6.07) is 13.6. The van der Waals surface area contributed by atoms with E-state index < -0.39 is 0 Å². The van der Waals surface area contributed by atoms with E-state index in [0.29, 0.717) is 6.04 Å². The SMILES string of the molecule is CN=C(NCc1ccc(CN2CCOCC2)cc1)NC(C)Cc1ccc(C)s1. The molecule has 1 aliphatic heterocycles. The first-order valence-corrected chi connectivity index (χ1v) is 10.8. The molecule has 0 spiro atoms. The number of morpholine rings is 1. The van der Waals surface area contributed by atoms with Crippen molar-refractivity contribution >= 4 is 17.3 Å². The van der Waals surface area contributed by atoms with E-state index >= 15 is 0 Å². The van der Waals surface area contributed by atoms with Crippen molar-refractivity contribution in [3.05, 3.63) is 57.3 Å². The van der Waals surface area contributed by atoms with E-state index in [1.807, 2.05) is 18.4 Å². The molecule has 5 nitrogen and oxygen atoms in total. The van der Waals surface area contributed by atoms with Gasteiger partial charge in [0.25, 0.3) is 0 Å². The van der Waals surface area contributed by atoms with Crippen molar-refractivity contribution in [1.82, 2.24) is 15.5 Å². The maximum atomic E-state index is 5.42. The van der Waals surface area contributed by atoms with E-state index in [-0.39, 0.29) is 0 Å². The quantitative estimate of drug-likeness (QED) is 0.554. The van der Waals surface area contributed by atoms with Crippen molar-refractivity contribution in [2.24, 2.45) is 4.99 Å². The molecule has 152 valence electrons. The Morgan fingerprint density at radius 3 is 2.50 bits per heavy atom. The van der Waals surface area contributed by atoms with Crippen LogP contribution in [0.5, 0.6) is 0 Å². The number of rotatable bonds is 7. The highest BCUT2D eigenvalue weighted by molar-refractivity contribution is 7.11. The zero-order chi connectivity index (χ0) is 19.8. The molecular weight excluding hydrogens is 368 g/mol. The van der Waals surface area contributed by atoms with Gasteiger partial charge in [0.15, 0.2) is 5.96 Å². The summed E-state index contributed by atoms with van der Waals surface area (Å²) >= 11 is 1.86. The Labute approximate surface area is 172 Å². The lowest BCUT2D eigenvalue weighted by atomic mass is 10.1. The van der Waals surface area contributed by atoms with Gasteiger partial charge in [-0.2, -0.15) is 0 Å². The third kappa shape index (κ3) is 6.62. The lowest BCUT2D eigenvalue weighted by Gasteiger charge is -2.26. The van der Waals surface area contributed by atoms with Crippen LogP contribution in [0, 0.1) is 6.92 Å². The van der Waals surface area contributed by atoms with Gasteiger partial charge in [-0.3, -0.25) is 9.89 Å². The van der Waals surface area contributed by atoms with E-state index in [1.54, 1.807) is 0 Å². The Hall–Kier alpha value is -1.89. The number of hydrogen-bond donors (Lipinski definition) is 2. The standard InChI is InChI=1S/C22H32N4OS/c1-17(14-21-9-4-18(2)28-21)25-22(23-3)24-15-19-5-7-20(8-6-19)16-26-10-12-27-13-11-26/h4-9,17H,10-16H2,1-3H3,(H2,23,24,25). The van der Waals surface area contributed by atoms with Gasteiger partial charge in [-0.15, -0.1) is 11.3 Å². The van der Waals surface area contributed by atoms with E-state index in [4.69, 9.17) is 4.74 Å². The van der Waals surface area contributed by atoms with Gasteiger partial charge < -0.3 is 15.4 Å². The Bertz CT molecular complexity index is 750. The second-order valence-corrected chi connectivity index (χ2v) is 8.77. The zero-order valence-corrected chi connectivity index (χ0v) is 18.0. The van der Waals surface area contributed by atoms with Crippen LogP contribution in [0.4, 0.5) is 0 Å². The average molecular weight is 401 g/mol. The molecule has 1 unspecified atom stereocenters. The second kappa shape index (κ2) is 10.6. The van der Waals surface area contributed by atoms with Gasteiger partial charge in [-0.05, 0) is 37.1 Å². The smallest absolute Gasteiger partial charge is 0.191 e. The summed E-state index contributed by atoms with van der Waals surface area (Å²) in [5, 5.41) is 6.91. The molecule has 1 aliphatic rings. The summed E-state index contributed by atoms with van der Waals surface area (Å²) in [7, 11) is 1.82. The molecule has 6 heteroatoms. The van der Waals surface area contributed by atoms with Crippen LogP contribution in [0.1, 0.15) is 27.8 Å².